The average molecular weight is 492 g/mol. The van der Waals surface area contributed by atoms with E-state index in [2.05, 4.69) is 24.8 Å². The number of amides is 1. The summed E-state index contributed by atoms with van der Waals surface area (Å²) in [6.07, 6.45) is 2.03. The number of fused-ring (bicyclic) bond motifs is 1. The Balaban J connectivity index is 2.01. The topological polar surface area (TPSA) is 70.6 Å². The number of nitrogens with zero attached hydrogens (tertiary/aromatic N) is 3. The second-order valence-electron chi connectivity index (χ2n) is 7.25. The molecule has 172 valence electrons. The molecule has 3 aromatic rings. The second kappa shape index (κ2) is 10.8. The SMILES string of the molecule is CCN(CC)CCN(C(=O)c1cccc(S(=O)(=O)CC)c1)c1nc2ccc(SC)cc2s1. The summed E-state index contributed by atoms with van der Waals surface area (Å²) in [5, 5.41) is 0.624. The number of aromatic nitrogens is 1. The summed E-state index contributed by atoms with van der Waals surface area (Å²) < 4.78 is 25.7. The Hall–Kier alpha value is -1.94. The molecule has 0 N–H and O–H groups in total. The van der Waals surface area contributed by atoms with Crippen molar-refractivity contribution in [3.05, 3.63) is 48.0 Å². The van der Waals surface area contributed by atoms with E-state index in [0.717, 1.165) is 28.2 Å². The number of sulfone groups is 1. The smallest absolute Gasteiger partial charge is 0.260 e. The van der Waals surface area contributed by atoms with Gasteiger partial charge in [-0.3, -0.25) is 9.69 Å². The minimum absolute atomic E-state index is 0.00797. The molecule has 32 heavy (non-hydrogen) atoms. The van der Waals surface area contributed by atoms with Crippen LogP contribution in [0.15, 0.2) is 52.3 Å². The van der Waals surface area contributed by atoms with Crippen LogP contribution < -0.4 is 4.90 Å². The molecule has 0 saturated carbocycles. The number of likely N-dealkylation sites (N-methyl/N-ethyl adjacent to an activating group) is 1. The van der Waals surface area contributed by atoms with Crippen LogP contribution in [-0.2, 0) is 9.84 Å². The van der Waals surface area contributed by atoms with Crippen LogP contribution in [0.5, 0.6) is 0 Å². The third-order valence-electron chi connectivity index (χ3n) is 5.41. The van der Waals surface area contributed by atoms with Gasteiger partial charge in [0.25, 0.3) is 5.91 Å². The first kappa shape index (κ1) is 24.7. The molecule has 0 aliphatic rings. The molecular formula is C23H29N3O3S3. The standard InChI is InChI=1S/C23H29N3O3S3/c1-5-25(6-2)13-14-26(23-24-20-12-11-18(30-4)16-21(20)31-23)22(27)17-9-8-10-19(15-17)32(28,29)7-3/h8-12,15-16H,5-7,13-14H2,1-4H3. The lowest BCUT2D eigenvalue weighted by atomic mass is 10.2. The number of hydrogen-bond donors (Lipinski definition) is 0. The van der Waals surface area contributed by atoms with E-state index in [1.54, 1.807) is 35.7 Å². The van der Waals surface area contributed by atoms with Crippen molar-refractivity contribution in [2.45, 2.75) is 30.6 Å². The number of thiazole rings is 1. The van der Waals surface area contributed by atoms with Gasteiger partial charge < -0.3 is 4.90 Å². The Labute approximate surface area is 198 Å². The molecule has 1 heterocycles. The third kappa shape index (κ3) is 5.51. The molecule has 2 aromatic carbocycles. The summed E-state index contributed by atoms with van der Waals surface area (Å²) in [5.74, 6) is -0.249. The van der Waals surface area contributed by atoms with Crippen LogP contribution >= 0.6 is 23.1 Å². The van der Waals surface area contributed by atoms with Crippen molar-refractivity contribution < 1.29 is 13.2 Å². The van der Waals surface area contributed by atoms with E-state index in [4.69, 9.17) is 4.98 Å². The van der Waals surface area contributed by atoms with Crippen LogP contribution in [0.4, 0.5) is 5.13 Å². The molecule has 3 rings (SSSR count). The number of rotatable bonds is 10. The van der Waals surface area contributed by atoms with Gasteiger partial charge in [0.05, 0.1) is 20.9 Å². The van der Waals surface area contributed by atoms with Crippen LogP contribution in [0.1, 0.15) is 31.1 Å². The zero-order chi connectivity index (χ0) is 23.3. The maximum atomic E-state index is 13.6. The minimum atomic E-state index is -3.40. The van der Waals surface area contributed by atoms with E-state index in [0.29, 0.717) is 23.8 Å². The maximum Gasteiger partial charge on any atom is 0.260 e. The molecule has 9 heteroatoms. The van der Waals surface area contributed by atoms with Gasteiger partial charge in [0, 0.05) is 23.5 Å². The molecule has 1 aromatic heterocycles. The van der Waals surface area contributed by atoms with Gasteiger partial charge in [0.1, 0.15) is 0 Å². The molecule has 0 aliphatic carbocycles. The highest BCUT2D eigenvalue weighted by molar-refractivity contribution is 7.98. The van der Waals surface area contributed by atoms with Crippen molar-refractivity contribution in [1.29, 1.82) is 0 Å². The monoisotopic (exact) mass is 491 g/mol. The molecule has 0 unspecified atom stereocenters. The van der Waals surface area contributed by atoms with Crippen LogP contribution in [-0.4, -0.2) is 62.4 Å². The lowest BCUT2D eigenvalue weighted by molar-refractivity contribution is 0.0983. The van der Waals surface area contributed by atoms with Crippen molar-refractivity contribution in [3.63, 3.8) is 0 Å². The Bertz CT molecular complexity index is 1190. The lowest BCUT2D eigenvalue weighted by Crippen LogP contribution is -2.39. The number of thioether (sulfide) groups is 1. The molecule has 0 atom stereocenters. The van der Waals surface area contributed by atoms with Crippen molar-refractivity contribution >= 4 is 54.2 Å². The fourth-order valence-corrected chi connectivity index (χ4v) is 5.82. The number of hydrogen-bond acceptors (Lipinski definition) is 7. The van der Waals surface area contributed by atoms with Crippen molar-refractivity contribution in [2.75, 3.05) is 43.1 Å². The van der Waals surface area contributed by atoms with Gasteiger partial charge >= 0.3 is 0 Å². The van der Waals surface area contributed by atoms with Gasteiger partial charge in [-0.1, -0.05) is 38.2 Å². The second-order valence-corrected chi connectivity index (χ2v) is 11.4. The van der Waals surface area contributed by atoms with Gasteiger partial charge in [-0.15, -0.1) is 11.8 Å². The maximum absolute atomic E-state index is 13.6. The third-order valence-corrected chi connectivity index (χ3v) is 8.91. The Morgan fingerprint density at radius 2 is 1.81 bits per heavy atom. The highest BCUT2D eigenvalue weighted by atomic mass is 32.2. The van der Waals surface area contributed by atoms with Crippen molar-refractivity contribution in [3.8, 4) is 0 Å². The molecule has 6 nitrogen and oxygen atoms in total. The molecule has 0 fully saturated rings. The molecule has 0 aliphatic heterocycles. The summed E-state index contributed by atoms with van der Waals surface area (Å²) >= 11 is 3.15. The van der Waals surface area contributed by atoms with E-state index >= 15 is 0 Å². The van der Waals surface area contributed by atoms with Gasteiger partial charge in [-0.25, -0.2) is 13.4 Å². The van der Waals surface area contributed by atoms with Gasteiger partial charge in [-0.05, 0) is 55.7 Å². The Morgan fingerprint density at radius 3 is 2.47 bits per heavy atom. The van der Waals surface area contributed by atoms with Gasteiger partial charge in [0.2, 0.25) is 0 Å². The summed E-state index contributed by atoms with van der Waals surface area (Å²) in [4.78, 5) is 23.5. The quantitative estimate of drug-likeness (QED) is 0.380. The molecule has 0 saturated heterocycles. The molecule has 0 bridgehead atoms. The van der Waals surface area contributed by atoms with Crippen molar-refractivity contribution in [1.82, 2.24) is 9.88 Å². The summed E-state index contributed by atoms with van der Waals surface area (Å²) in [5.41, 5.74) is 1.20. The summed E-state index contributed by atoms with van der Waals surface area (Å²) in [7, 11) is -3.40. The zero-order valence-electron chi connectivity index (χ0n) is 18.9. The number of benzene rings is 2. The van der Waals surface area contributed by atoms with E-state index < -0.39 is 9.84 Å². The lowest BCUT2D eigenvalue weighted by Gasteiger charge is -2.25. The van der Waals surface area contributed by atoms with Crippen LogP contribution in [0.3, 0.4) is 0 Å². The number of carbonyl (C=O) groups is 1. The molecule has 1 amide bonds. The first-order valence-electron chi connectivity index (χ1n) is 10.6. The molecular weight excluding hydrogens is 462 g/mol. The molecule has 0 radical (unpaired) electrons. The minimum Gasteiger partial charge on any atom is -0.302 e. The van der Waals surface area contributed by atoms with E-state index in [-0.39, 0.29) is 16.6 Å². The fourth-order valence-electron chi connectivity index (χ4n) is 3.35. The van der Waals surface area contributed by atoms with E-state index in [1.165, 1.54) is 23.5 Å². The summed E-state index contributed by atoms with van der Waals surface area (Å²) in [6.45, 7) is 8.74. The Kier molecular flexibility index (Phi) is 8.32. The van der Waals surface area contributed by atoms with Gasteiger partial charge in [0.15, 0.2) is 15.0 Å². The largest absolute Gasteiger partial charge is 0.302 e. The first-order valence-corrected chi connectivity index (χ1v) is 14.3. The number of carbonyl (C=O) groups excluding carboxylic acids is 1. The average Bonchev–Trinajstić information content (AvgIpc) is 3.24. The van der Waals surface area contributed by atoms with Crippen LogP contribution in [0.2, 0.25) is 0 Å². The number of anilines is 1. The zero-order valence-corrected chi connectivity index (χ0v) is 21.3. The highest BCUT2D eigenvalue weighted by Gasteiger charge is 2.23. The Morgan fingerprint density at radius 1 is 1.06 bits per heavy atom. The van der Waals surface area contributed by atoms with Crippen LogP contribution in [0.25, 0.3) is 10.2 Å². The molecule has 0 spiro atoms. The first-order chi connectivity index (χ1) is 15.3. The van der Waals surface area contributed by atoms with E-state index in [9.17, 15) is 13.2 Å². The predicted molar refractivity (Wildman–Crippen MR) is 135 cm³/mol. The van der Waals surface area contributed by atoms with Crippen molar-refractivity contribution in [2.24, 2.45) is 0 Å². The van der Waals surface area contributed by atoms with E-state index in [1.807, 2.05) is 18.4 Å². The predicted octanol–water partition coefficient (Wildman–Crippen LogP) is 4.80. The van der Waals surface area contributed by atoms with Gasteiger partial charge in [-0.2, -0.15) is 0 Å². The van der Waals surface area contributed by atoms with Crippen LogP contribution in [0, 0.1) is 0 Å². The fraction of sp³-hybridized carbons (Fsp3) is 0.391. The highest BCUT2D eigenvalue weighted by Crippen LogP contribution is 2.32. The normalized spacial score (nSPS) is 11.9. The summed E-state index contributed by atoms with van der Waals surface area (Å²) in [6, 6.07) is 12.4.